The van der Waals surface area contributed by atoms with Crippen LogP contribution in [-0.4, -0.2) is 28.6 Å². The standard InChI is InChI=1S/C9H11N.C9H22O3Si/c1-2-10-8-9-6-4-3-5-7-9;1-5-9-13(10-6-2,11-7-3)12-8-4/h2-7,10H,1,8H2;5-9H2,1-4H3. The van der Waals surface area contributed by atoms with E-state index in [0.29, 0.717) is 19.8 Å². The molecule has 1 N–H and O–H groups in total. The SMILES string of the molecule is C=CNCc1ccccc1.CCC[Si](OCC)(OCC)OCC. The molecule has 0 saturated carbocycles. The molecule has 0 aliphatic carbocycles. The second kappa shape index (κ2) is 14.4. The molecule has 0 unspecified atom stereocenters. The van der Waals surface area contributed by atoms with Crippen LogP contribution < -0.4 is 5.32 Å². The predicted octanol–water partition coefficient (Wildman–Crippen LogP) is 4.36. The Kier molecular flexibility index (Phi) is 13.7. The average Bonchev–Trinajstić information content (AvgIpc) is 2.55. The van der Waals surface area contributed by atoms with Gasteiger partial charge in [-0.15, -0.1) is 0 Å². The van der Waals surface area contributed by atoms with E-state index in [0.717, 1.165) is 19.0 Å². The fourth-order valence-corrected chi connectivity index (χ4v) is 4.71. The molecular weight excluding hydrogens is 306 g/mol. The molecule has 23 heavy (non-hydrogen) atoms. The first-order valence-corrected chi connectivity index (χ1v) is 10.4. The highest BCUT2D eigenvalue weighted by Gasteiger charge is 2.38. The van der Waals surface area contributed by atoms with Crippen LogP contribution in [-0.2, 0) is 19.8 Å². The maximum Gasteiger partial charge on any atom is 0.500 e. The molecule has 0 aromatic heterocycles. The van der Waals surface area contributed by atoms with Gasteiger partial charge in [-0.05, 0) is 32.5 Å². The third-order valence-corrected chi connectivity index (χ3v) is 6.24. The Morgan fingerprint density at radius 2 is 1.48 bits per heavy atom. The summed E-state index contributed by atoms with van der Waals surface area (Å²) in [6.45, 7) is 14.5. The van der Waals surface area contributed by atoms with Gasteiger partial charge in [0.2, 0.25) is 0 Å². The minimum absolute atomic E-state index is 0.673. The Morgan fingerprint density at radius 3 is 1.87 bits per heavy atom. The summed E-state index contributed by atoms with van der Waals surface area (Å²) in [6.07, 6.45) is 2.75. The number of hydrogen-bond acceptors (Lipinski definition) is 4. The highest BCUT2D eigenvalue weighted by atomic mass is 28.4. The van der Waals surface area contributed by atoms with Gasteiger partial charge < -0.3 is 18.6 Å². The van der Waals surface area contributed by atoms with Gasteiger partial charge in [0.05, 0.1) is 0 Å². The van der Waals surface area contributed by atoms with E-state index in [4.69, 9.17) is 13.3 Å². The Labute approximate surface area is 143 Å². The van der Waals surface area contributed by atoms with Gasteiger partial charge in [-0.3, -0.25) is 0 Å². The monoisotopic (exact) mass is 339 g/mol. The first-order valence-electron chi connectivity index (χ1n) is 8.48. The van der Waals surface area contributed by atoms with Crippen molar-refractivity contribution < 1.29 is 13.3 Å². The van der Waals surface area contributed by atoms with Gasteiger partial charge >= 0.3 is 8.80 Å². The van der Waals surface area contributed by atoms with Gasteiger partial charge in [-0.2, -0.15) is 0 Å². The highest BCUT2D eigenvalue weighted by molar-refractivity contribution is 6.60. The lowest BCUT2D eigenvalue weighted by molar-refractivity contribution is 0.0712. The summed E-state index contributed by atoms with van der Waals surface area (Å²) < 4.78 is 16.9. The zero-order chi connectivity index (χ0) is 17.4. The van der Waals surface area contributed by atoms with Crippen LogP contribution in [0.3, 0.4) is 0 Å². The van der Waals surface area contributed by atoms with Gasteiger partial charge in [0, 0.05) is 32.4 Å². The van der Waals surface area contributed by atoms with Crippen molar-refractivity contribution in [3.8, 4) is 0 Å². The van der Waals surface area contributed by atoms with E-state index in [2.05, 4.69) is 31.0 Å². The molecule has 0 saturated heterocycles. The maximum absolute atomic E-state index is 5.65. The third kappa shape index (κ3) is 10.3. The minimum atomic E-state index is -2.30. The number of rotatable bonds is 11. The summed E-state index contributed by atoms with van der Waals surface area (Å²) in [7, 11) is -2.30. The van der Waals surface area contributed by atoms with Gasteiger partial charge in [0.1, 0.15) is 0 Å². The quantitative estimate of drug-likeness (QED) is 0.608. The van der Waals surface area contributed by atoms with Crippen LogP contribution in [0, 0.1) is 0 Å². The van der Waals surface area contributed by atoms with Crippen molar-refractivity contribution in [2.75, 3.05) is 19.8 Å². The summed E-state index contributed by atoms with van der Waals surface area (Å²) >= 11 is 0. The molecule has 0 bridgehead atoms. The first kappa shape index (κ1) is 21.9. The lowest BCUT2D eigenvalue weighted by Gasteiger charge is -2.27. The average molecular weight is 340 g/mol. The molecule has 0 atom stereocenters. The molecule has 0 radical (unpaired) electrons. The summed E-state index contributed by atoms with van der Waals surface area (Å²) in [5.74, 6) is 0. The van der Waals surface area contributed by atoms with Gasteiger partial charge in [0.25, 0.3) is 0 Å². The third-order valence-electron chi connectivity index (χ3n) is 2.94. The molecule has 132 valence electrons. The zero-order valence-electron chi connectivity index (χ0n) is 15.1. The first-order chi connectivity index (χ1) is 11.2. The van der Waals surface area contributed by atoms with Gasteiger partial charge in [0.15, 0.2) is 0 Å². The molecular formula is C18H33NO3Si. The van der Waals surface area contributed by atoms with Crippen LogP contribution in [0.25, 0.3) is 0 Å². The molecule has 0 aliphatic rings. The van der Waals surface area contributed by atoms with Crippen molar-refractivity contribution in [2.24, 2.45) is 0 Å². The fourth-order valence-electron chi connectivity index (χ4n) is 2.09. The normalized spacial score (nSPS) is 10.6. The molecule has 0 fully saturated rings. The second-order valence-corrected chi connectivity index (χ2v) is 7.53. The van der Waals surface area contributed by atoms with Crippen LogP contribution >= 0.6 is 0 Å². The largest absolute Gasteiger partial charge is 0.500 e. The van der Waals surface area contributed by atoms with E-state index in [1.54, 1.807) is 6.20 Å². The number of nitrogens with one attached hydrogen (secondary N) is 1. The topological polar surface area (TPSA) is 39.7 Å². The second-order valence-electron chi connectivity index (χ2n) is 4.80. The van der Waals surface area contributed by atoms with Crippen molar-refractivity contribution >= 4 is 8.80 Å². The Morgan fingerprint density at radius 1 is 0.957 bits per heavy atom. The van der Waals surface area contributed by atoms with Crippen LogP contribution in [0.1, 0.15) is 39.7 Å². The lowest BCUT2D eigenvalue weighted by atomic mass is 10.2. The molecule has 0 amide bonds. The Balaban J connectivity index is 0.000000433. The molecule has 0 spiro atoms. The van der Waals surface area contributed by atoms with Crippen molar-refractivity contribution in [3.05, 3.63) is 48.7 Å². The molecule has 1 aromatic carbocycles. The van der Waals surface area contributed by atoms with E-state index >= 15 is 0 Å². The van der Waals surface area contributed by atoms with Gasteiger partial charge in [-0.1, -0.05) is 50.3 Å². The Hall–Kier alpha value is -1.14. The van der Waals surface area contributed by atoms with E-state index < -0.39 is 8.80 Å². The molecule has 1 rings (SSSR count). The van der Waals surface area contributed by atoms with E-state index in [1.165, 1.54) is 5.56 Å². The number of benzene rings is 1. The highest BCUT2D eigenvalue weighted by Crippen LogP contribution is 2.17. The summed E-state index contributed by atoms with van der Waals surface area (Å²) in [4.78, 5) is 0. The van der Waals surface area contributed by atoms with Crippen molar-refractivity contribution in [1.29, 1.82) is 0 Å². The molecule has 4 nitrogen and oxygen atoms in total. The molecule has 5 heteroatoms. The van der Waals surface area contributed by atoms with Crippen molar-refractivity contribution in [3.63, 3.8) is 0 Å². The lowest BCUT2D eigenvalue weighted by Crippen LogP contribution is -2.45. The summed E-state index contributed by atoms with van der Waals surface area (Å²) in [5.41, 5.74) is 1.28. The minimum Gasteiger partial charge on any atom is -0.387 e. The van der Waals surface area contributed by atoms with E-state index in [9.17, 15) is 0 Å². The van der Waals surface area contributed by atoms with E-state index in [1.807, 2.05) is 39.0 Å². The van der Waals surface area contributed by atoms with Crippen LogP contribution in [0.5, 0.6) is 0 Å². The smallest absolute Gasteiger partial charge is 0.387 e. The number of hydrogen-bond donors (Lipinski definition) is 1. The fraction of sp³-hybridized carbons (Fsp3) is 0.556. The molecule has 0 heterocycles. The predicted molar refractivity (Wildman–Crippen MR) is 99.2 cm³/mol. The van der Waals surface area contributed by atoms with Crippen LogP contribution in [0.2, 0.25) is 6.04 Å². The van der Waals surface area contributed by atoms with Crippen molar-refractivity contribution in [1.82, 2.24) is 5.32 Å². The summed E-state index contributed by atoms with van der Waals surface area (Å²) in [6, 6.07) is 11.1. The van der Waals surface area contributed by atoms with Crippen LogP contribution in [0.15, 0.2) is 43.1 Å². The summed E-state index contributed by atoms with van der Waals surface area (Å²) in [5, 5.41) is 3.03. The van der Waals surface area contributed by atoms with Crippen molar-refractivity contribution in [2.45, 2.75) is 46.7 Å². The molecule has 0 aliphatic heterocycles. The Bertz CT molecular complexity index is 358. The van der Waals surface area contributed by atoms with Gasteiger partial charge in [-0.25, -0.2) is 0 Å². The molecule has 1 aromatic rings. The van der Waals surface area contributed by atoms with E-state index in [-0.39, 0.29) is 0 Å². The zero-order valence-corrected chi connectivity index (χ0v) is 16.1. The maximum atomic E-state index is 5.65. The van der Waals surface area contributed by atoms with Crippen LogP contribution in [0.4, 0.5) is 0 Å².